The van der Waals surface area contributed by atoms with Gasteiger partial charge in [0.05, 0.1) is 23.3 Å². The number of para-hydroxylation sites is 2. The second-order valence-corrected chi connectivity index (χ2v) is 8.74. The number of hydrogen-bond acceptors (Lipinski definition) is 7. The molecule has 5 heterocycles. The van der Waals surface area contributed by atoms with Crippen molar-refractivity contribution in [2.45, 2.75) is 29.8 Å². The van der Waals surface area contributed by atoms with Gasteiger partial charge in [0.1, 0.15) is 5.76 Å². The van der Waals surface area contributed by atoms with Crippen molar-refractivity contribution in [3.63, 3.8) is 0 Å². The molecule has 0 fully saturated rings. The summed E-state index contributed by atoms with van der Waals surface area (Å²) >= 11 is 1.51. The van der Waals surface area contributed by atoms with Crippen LogP contribution >= 0.6 is 11.8 Å². The van der Waals surface area contributed by atoms with Gasteiger partial charge in [0.25, 0.3) is 0 Å². The van der Waals surface area contributed by atoms with Crippen LogP contribution in [-0.2, 0) is 19.5 Å². The molecule has 0 atom stereocenters. The Labute approximate surface area is 189 Å². The van der Waals surface area contributed by atoms with Crippen LogP contribution in [0.1, 0.15) is 17.0 Å². The Bertz CT molecular complexity index is 1350. The first kappa shape index (κ1) is 19.2. The molecule has 0 saturated carbocycles. The third kappa shape index (κ3) is 3.90. The second kappa shape index (κ2) is 8.22. The van der Waals surface area contributed by atoms with Crippen molar-refractivity contribution in [2.75, 3.05) is 6.54 Å². The molecule has 158 valence electrons. The molecule has 1 aromatic carbocycles. The van der Waals surface area contributed by atoms with Crippen LogP contribution in [0.4, 0.5) is 0 Å². The molecule has 0 radical (unpaired) electrons. The summed E-state index contributed by atoms with van der Waals surface area (Å²) in [4.78, 5) is 23.8. The lowest BCUT2D eigenvalue weighted by Gasteiger charge is -2.27. The number of pyridine rings is 1. The number of rotatable bonds is 5. The molecule has 5 aromatic rings. The molecule has 0 spiro atoms. The van der Waals surface area contributed by atoms with Crippen LogP contribution in [-0.4, -0.2) is 36.4 Å². The minimum atomic E-state index is 0.739. The Balaban J connectivity index is 1.12. The molecule has 32 heavy (non-hydrogen) atoms. The zero-order valence-electron chi connectivity index (χ0n) is 17.2. The number of fused-ring (bicyclic) bond motifs is 2. The van der Waals surface area contributed by atoms with Gasteiger partial charge in [0, 0.05) is 49.2 Å². The molecule has 0 amide bonds. The molecule has 0 saturated heterocycles. The largest absolute Gasteiger partial charge is 0.453 e. The van der Waals surface area contributed by atoms with Crippen molar-refractivity contribution >= 4 is 22.8 Å². The Hall–Kier alpha value is -3.49. The van der Waals surface area contributed by atoms with Gasteiger partial charge in [0.2, 0.25) is 0 Å². The maximum Gasteiger partial charge on any atom is 0.174 e. The van der Waals surface area contributed by atoms with Gasteiger partial charge in [-0.25, -0.2) is 15.0 Å². The van der Waals surface area contributed by atoms with Crippen molar-refractivity contribution < 1.29 is 4.42 Å². The fourth-order valence-corrected chi connectivity index (χ4v) is 4.72. The van der Waals surface area contributed by atoms with Gasteiger partial charge >= 0.3 is 0 Å². The van der Waals surface area contributed by atoms with Crippen LogP contribution in [0.5, 0.6) is 0 Å². The van der Waals surface area contributed by atoms with Crippen molar-refractivity contribution in [1.82, 2.24) is 29.8 Å². The Morgan fingerprint density at radius 1 is 1.03 bits per heavy atom. The zero-order chi connectivity index (χ0) is 21.3. The third-order valence-corrected chi connectivity index (χ3v) is 6.32. The smallest absolute Gasteiger partial charge is 0.174 e. The number of imidazole rings is 1. The van der Waals surface area contributed by atoms with Gasteiger partial charge in [-0.2, -0.15) is 0 Å². The lowest BCUT2D eigenvalue weighted by atomic mass is 10.1. The van der Waals surface area contributed by atoms with Crippen LogP contribution in [0, 0.1) is 0 Å². The summed E-state index contributed by atoms with van der Waals surface area (Å²) < 4.78 is 6.07. The van der Waals surface area contributed by atoms with Gasteiger partial charge in [-0.05, 0) is 48.2 Å². The number of nitrogens with zero attached hydrogens (tertiary/aromatic N) is 5. The fourth-order valence-electron chi connectivity index (χ4n) is 3.94. The molecule has 4 aromatic heterocycles. The summed E-state index contributed by atoms with van der Waals surface area (Å²) in [5.74, 6) is 1.68. The molecular weight excluding hydrogens is 420 g/mol. The number of aromatic nitrogens is 5. The van der Waals surface area contributed by atoms with Crippen LogP contribution in [0.25, 0.3) is 22.4 Å². The Morgan fingerprint density at radius 3 is 2.91 bits per heavy atom. The van der Waals surface area contributed by atoms with Crippen molar-refractivity contribution in [1.29, 1.82) is 0 Å². The third-order valence-electron chi connectivity index (χ3n) is 5.51. The summed E-state index contributed by atoms with van der Waals surface area (Å²) in [6, 6.07) is 16.0. The van der Waals surface area contributed by atoms with E-state index in [1.54, 1.807) is 12.4 Å². The molecule has 1 aliphatic heterocycles. The van der Waals surface area contributed by atoms with E-state index >= 15 is 0 Å². The second-order valence-electron chi connectivity index (χ2n) is 7.75. The molecule has 0 unspecified atom stereocenters. The fraction of sp³-hybridized carbons (Fsp3) is 0.167. The van der Waals surface area contributed by atoms with E-state index in [0.29, 0.717) is 0 Å². The number of aromatic amines is 1. The molecule has 7 nitrogen and oxygen atoms in total. The number of furan rings is 1. The van der Waals surface area contributed by atoms with E-state index in [-0.39, 0.29) is 0 Å². The summed E-state index contributed by atoms with van der Waals surface area (Å²) in [7, 11) is 0. The van der Waals surface area contributed by atoms with Gasteiger partial charge in [-0.15, -0.1) is 0 Å². The summed E-state index contributed by atoms with van der Waals surface area (Å²) in [6.07, 6.45) is 6.40. The average Bonchev–Trinajstić information content (AvgIpc) is 3.45. The quantitative estimate of drug-likeness (QED) is 0.423. The lowest BCUT2D eigenvalue weighted by Crippen LogP contribution is -2.30. The van der Waals surface area contributed by atoms with Crippen molar-refractivity contribution in [3.8, 4) is 11.4 Å². The minimum Gasteiger partial charge on any atom is -0.453 e. The number of nitrogens with one attached hydrogen (secondary N) is 1. The Kier molecular flexibility index (Phi) is 4.93. The molecule has 0 bridgehead atoms. The van der Waals surface area contributed by atoms with Crippen molar-refractivity contribution in [2.24, 2.45) is 0 Å². The van der Waals surface area contributed by atoms with Crippen LogP contribution in [0.3, 0.4) is 0 Å². The predicted molar refractivity (Wildman–Crippen MR) is 122 cm³/mol. The highest BCUT2D eigenvalue weighted by Gasteiger charge is 2.20. The molecule has 8 heteroatoms. The monoisotopic (exact) mass is 440 g/mol. The normalized spacial score (nSPS) is 14.0. The van der Waals surface area contributed by atoms with Gasteiger partial charge in [0.15, 0.2) is 16.1 Å². The van der Waals surface area contributed by atoms with Crippen molar-refractivity contribution in [3.05, 3.63) is 84.1 Å². The van der Waals surface area contributed by atoms with E-state index in [2.05, 4.69) is 24.8 Å². The molecular formula is C24H20N6OS. The van der Waals surface area contributed by atoms with Crippen LogP contribution < -0.4 is 0 Å². The number of benzene rings is 1. The minimum absolute atomic E-state index is 0.739. The predicted octanol–water partition coefficient (Wildman–Crippen LogP) is 4.72. The molecule has 0 aliphatic carbocycles. The summed E-state index contributed by atoms with van der Waals surface area (Å²) in [5.41, 5.74) is 5.23. The highest BCUT2D eigenvalue weighted by molar-refractivity contribution is 7.99. The van der Waals surface area contributed by atoms with Crippen LogP contribution in [0.15, 0.2) is 81.8 Å². The van der Waals surface area contributed by atoms with Crippen LogP contribution in [0.2, 0.25) is 0 Å². The molecule has 6 rings (SSSR count). The maximum atomic E-state index is 6.07. The van der Waals surface area contributed by atoms with Gasteiger partial charge in [-0.1, -0.05) is 12.1 Å². The van der Waals surface area contributed by atoms with Gasteiger partial charge in [-0.3, -0.25) is 9.88 Å². The highest BCUT2D eigenvalue weighted by Crippen LogP contribution is 2.30. The zero-order valence-corrected chi connectivity index (χ0v) is 18.0. The average molecular weight is 441 g/mol. The summed E-state index contributed by atoms with van der Waals surface area (Å²) in [5, 5.41) is 1.67. The maximum absolute atomic E-state index is 6.07. The van der Waals surface area contributed by atoms with E-state index in [9.17, 15) is 0 Å². The highest BCUT2D eigenvalue weighted by atomic mass is 32.2. The van der Waals surface area contributed by atoms with Gasteiger partial charge < -0.3 is 9.40 Å². The topological polar surface area (TPSA) is 83.7 Å². The first-order valence-corrected chi connectivity index (χ1v) is 11.3. The standard InChI is InChI=1S/C24H20N6OS/c1-2-6-21-20(5-1)28-24(29-21)32-22-8-7-18(31-22)15-30-11-9-19-17(14-30)13-26-23(27-19)16-4-3-10-25-12-16/h1-8,10,12-13H,9,11,14-15H2,(H,28,29). The number of hydrogen-bond donors (Lipinski definition) is 1. The Morgan fingerprint density at radius 2 is 2.00 bits per heavy atom. The van der Waals surface area contributed by atoms with E-state index < -0.39 is 0 Å². The molecule has 1 N–H and O–H groups in total. The molecule has 1 aliphatic rings. The first-order valence-electron chi connectivity index (χ1n) is 10.5. The van der Waals surface area contributed by atoms with E-state index in [1.807, 2.05) is 54.7 Å². The lowest BCUT2D eigenvalue weighted by molar-refractivity contribution is 0.218. The van der Waals surface area contributed by atoms with E-state index in [4.69, 9.17) is 9.40 Å². The first-order chi connectivity index (χ1) is 15.8. The van der Waals surface area contributed by atoms with E-state index in [1.165, 1.54) is 17.3 Å². The van der Waals surface area contributed by atoms with E-state index in [0.717, 1.165) is 70.2 Å². The summed E-state index contributed by atoms with van der Waals surface area (Å²) in [6.45, 7) is 2.50. The SMILES string of the molecule is c1cncc(-c2ncc3c(n2)CCN(Cc2ccc(Sc4nc5ccccc5[nH]4)o2)C3)c1. The number of H-pyrrole nitrogens is 1.